The molecule has 0 radical (unpaired) electrons. The summed E-state index contributed by atoms with van der Waals surface area (Å²) in [5, 5.41) is 11.5. The van der Waals surface area contributed by atoms with Gasteiger partial charge in [0.2, 0.25) is 0 Å². The van der Waals surface area contributed by atoms with Gasteiger partial charge >= 0.3 is 0 Å². The Bertz CT molecular complexity index is 1050. The van der Waals surface area contributed by atoms with Gasteiger partial charge in [0, 0.05) is 29.1 Å². The number of anilines is 1. The summed E-state index contributed by atoms with van der Waals surface area (Å²) in [4.78, 5) is 16.9. The van der Waals surface area contributed by atoms with Gasteiger partial charge in [0.15, 0.2) is 0 Å². The van der Waals surface area contributed by atoms with E-state index in [1.807, 2.05) is 74.7 Å². The van der Waals surface area contributed by atoms with Gasteiger partial charge in [0.25, 0.3) is 5.91 Å². The molecule has 160 valence electrons. The molecule has 1 aromatic carbocycles. The van der Waals surface area contributed by atoms with Gasteiger partial charge < -0.3 is 5.32 Å². The first-order valence-corrected chi connectivity index (χ1v) is 10.9. The van der Waals surface area contributed by atoms with Crippen molar-refractivity contribution in [1.82, 2.24) is 9.99 Å². The van der Waals surface area contributed by atoms with E-state index in [4.69, 9.17) is 0 Å². The number of aromatic nitrogens is 1. The van der Waals surface area contributed by atoms with Crippen LogP contribution >= 0.6 is 11.3 Å². The predicted molar refractivity (Wildman–Crippen MR) is 127 cm³/mol. The van der Waals surface area contributed by atoms with E-state index in [2.05, 4.69) is 15.4 Å². The number of alkyl halides is 1. The number of hydrogen-bond donors (Lipinski definition) is 1. The molecule has 31 heavy (non-hydrogen) atoms. The van der Waals surface area contributed by atoms with Gasteiger partial charge in [-0.05, 0) is 43.5 Å². The van der Waals surface area contributed by atoms with Gasteiger partial charge in [-0.3, -0.25) is 9.80 Å². The number of rotatable bonds is 8. The summed E-state index contributed by atoms with van der Waals surface area (Å²) < 4.78 is 13.5. The fourth-order valence-corrected chi connectivity index (χ4v) is 3.78. The van der Waals surface area contributed by atoms with Crippen molar-refractivity contribution in [2.75, 3.05) is 18.5 Å². The van der Waals surface area contributed by atoms with Gasteiger partial charge in [-0.2, -0.15) is 5.10 Å². The zero-order valence-corrected chi connectivity index (χ0v) is 18.4. The number of halogens is 1. The van der Waals surface area contributed by atoms with Gasteiger partial charge in [0.1, 0.15) is 17.4 Å². The lowest BCUT2D eigenvalue weighted by molar-refractivity contribution is 0.102. The third-order valence-corrected chi connectivity index (χ3v) is 5.51. The molecule has 0 aliphatic heterocycles. The minimum absolute atomic E-state index is 0.252. The highest BCUT2D eigenvalue weighted by Crippen LogP contribution is 2.22. The quantitative estimate of drug-likeness (QED) is 0.417. The Labute approximate surface area is 186 Å². The Hall–Kier alpha value is -3.32. The Morgan fingerprint density at radius 1 is 1.32 bits per heavy atom. The van der Waals surface area contributed by atoms with Crippen molar-refractivity contribution >= 4 is 34.7 Å². The number of nitrogens with zero attached hydrogens (tertiary/aromatic N) is 3. The molecule has 0 fully saturated rings. The monoisotopic (exact) mass is 436 g/mol. The van der Waals surface area contributed by atoms with Gasteiger partial charge in [-0.1, -0.05) is 42.5 Å². The standard InChI is InChI=1S/C24H25FN4OS/c1-3-26-29(16-20-11-7-4-6-10-19(20)14-25)15-18(2)24-28-22(17-31-24)23(30)27-21-12-8-5-9-13-21/h3-5,7-13,15,17H,6,14,16H2,1-2H3,(H,27,30)/b18-15+,26-3-. The molecule has 1 aliphatic rings. The van der Waals surface area contributed by atoms with E-state index in [0.29, 0.717) is 17.8 Å². The summed E-state index contributed by atoms with van der Waals surface area (Å²) in [5.41, 5.74) is 3.51. The highest BCUT2D eigenvalue weighted by Gasteiger charge is 2.14. The molecule has 0 bridgehead atoms. The third kappa shape index (κ3) is 6.33. The number of benzene rings is 1. The fraction of sp³-hybridized carbons (Fsp3) is 0.208. The highest BCUT2D eigenvalue weighted by atomic mass is 32.1. The van der Waals surface area contributed by atoms with E-state index in [0.717, 1.165) is 28.3 Å². The number of para-hydroxylation sites is 1. The molecule has 1 heterocycles. The van der Waals surface area contributed by atoms with E-state index in [-0.39, 0.29) is 5.91 Å². The van der Waals surface area contributed by atoms with Crippen molar-refractivity contribution in [3.05, 3.63) is 88.1 Å². The molecular formula is C24H25FN4OS. The number of allylic oxidation sites excluding steroid dienone is 5. The summed E-state index contributed by atoms with van der Waals surface area (Å²) in [7, 11) is 0. The Morgan fingerprint density at radius 2 is 2.13 bits per heavy atom. The zero-order chi connectivity index (χ0) is 22.1. The summed E-state index contributed by atoms with van der Waals surface area (Å²) in [6.45, 7) is 3.68. The van der Waals surface area contributed by atoms with Crippen molar-refractivity contribution in [1.29, 1.82) is 0 Å². The molecule has 0 saturated heterocycles. The molecule has 0 atom stereocenters. The minimum Gasteiger partial charge on any atom is -0.321 e. The zero-order valence-electron chi connectivity index (χ0n) is 17.6. The predicted octanol–water partition coefficient (Wildman–Crippen LogP) is 5.85. The van der Waals surface area contributed by atoms with Crippen molar-refractivity contribution in [2.24, 2.45) is 5.10 Å². The maximum Gasteiger partial charge on any atom is 0.275 e. The van der Waals surface area contributed by atoms with Gasteiger partial charge in [-0.25, -0.2) is 9.37 Å². The maximum absolute atomic E-state index is 13.5. The molecule has 1 N–H and O–H groups in total. The molecule has 7 heteroatoms. The molecule has 0 saturated carbocycles. The molecule has 5 nitrogen and oxygen atoms in total. The van der Waals surface area contributed by atoms with Crippen molar-refractivity contribution in [2.45, 2.75) is 20.3 Å². The van der Waals surface area contributed by atoms with Gasteiger partial charge in [0.05, 0.1) is 6.54 Å². The van der Waals surface area contributed by atoms with Crippen LogP contribution in [-0.2, 0) is 0 Å². The number of hydrogen-bond acceptors (Lipinski definition) is 5. The van der Waals surface area contributed by atoms with Crippen LogP contribution in [0.2, 0.25) is 0 Å². The number of carbonyl (C=O) groups excluding carboxylic acids is 1. The minimum atomic E-state index is -0.508. The maximum atomic E-state index is 13.5. The lowest BCUT2D eigenvalue weighted by atomic mass is 10.1. The summed E-state index contributed by atoms with van der Waals surface area (Å²) in [5.74, 6) is -0.252. The van der Waals surface area contributed by atoms with Crippen molar-refractivity contribution in [3.8, 4) is 0 Å². The van der Waals surface area contributed by atoms with Crippen LogP contribution in [0.4, 0.5) is 10.1 Å². The topological polar surface area (TPSA) is 57.6 Å². The van der Waals surface area contributed by atoms with E-state index in [9.17, 15) is 9.18 Å². The van der Waals surface area contributed by atoms with Crippen LogP contribution in [-0.4, -0.2) is 35.3 Å². The van der Waals surface area contributed by atoms with Crippen LogP contribution in [0.5, 0.6) is 0 Å². The average Bonchev–Trinajstić information content (AvgIpc) is 3.17. The SMILES string of the molecule is C/C=N\N(/C=C(\C)c1nc(C(=O)Nc2ccccc2)cs1)CC1=CC=CCC=C1CF. The largest absolute Gasteiger partial charge is 0.321 e. The summed E-state index contributed by atoms with van der Waals surface area (Å²) in [6.07, 6.45) is 12.0. The second kappa shape index (κ2) is 11.2. The molecule has 0 unspecified atom stereocenters. The van der Waals surface area contributed by atoms with E-state index < -0.39 is 6.67 Å². The Balaban J connectivity index is 1.74. The molecule has 1 aromatic heterocycles. The molecule has 0 spiro atoms. The normalized spacial score (nSPS) is 14.2. The second-order valence-electron chi connectivity index (χ2n) is 6.86. The number of amides is 1. The first-order valence-electron chi connectivity index (χ1n) is 9.97. The first-order chi connectivity index (χ1) is 15.1. The van der Waals surface area contributed by atoms with Gasteiger partial charge in [-0.15, -0.1) is 11.3 Å². The number of thiazole rings is 1. The summed E-state index contributed by atoms with van der Waals surface area (Å²) >= 11 is 1.40. The third-order valence-electron chi connectivity index (χ3n) is 4.53. The Kier molecular flexibility index (Phi) is 8.06. The molecular weight excluding hydrogens is 411 g/mol. The lowest BCUT2D eigenvalue weighted by Crippen LogP contribution is -2.16. The average molecular weight is 437 g/mol. The van der Waals surface area contributed by atoms with Crippen LogP contribution in [0.1, 0.15) is 35.8 Å². The van der Waals surface area contributed by atoms with E-state index >= 15 is 0 Å². The lowest BCUT2D eigenvalue weighted by Gasteiger charge is -2.18. The highest BCUT2D eigenvalue weighted by molar-refractivity contribution is 7.11. The number of carbonyl (C=O) groups is 1. The smallest absolute Gasteiger partial charge is 0.275 e. The first kappa shape index (κ1) is 22.4. The van der Waals surface area contributed by atoms with E-state index in [1.165, 1.54) is 11.3 Å². The molecule has 1 aliphatic carbocycles. The van der Waals surface area contributed by atoms with E-state index in [1.54, 1.807) is 16.6 Å². The second-order valence-corrected chi connectivity index (χ2v) is 7.72. The number of hydrazone groups is 1. The van der Waals surface area contributed by atoms with Crippen molar-refractivity contribution < 1.29 is 9.18 Å². The van der Waals surface area contributed by atoms with Crippen LogP contribution in [0.15, 0.2) is 82.5 Å². The van der Waals surface area contributed by atoms with Crippen LogP contribution in [0.3, 0.4) is 0 Å². The molecule has 1 amide bonds. The molecule has 2 aromatic rings. The number of nitrogens with one attached hydrogen (secondary N) is 1. The van der Waals surface area contributed by atoms with Crippen LogP contribution < -0.4 is 5.32 Å². The summed E-state index contributed by atoms with van der Waals surface area (Å²) in [6, 6.07) is 9.27. The Morgan fingerprint density at radius 3 is 2.87 bits per heavy atom. The van der Waals surface area contributed by atoms with Crippen LogP contribution in [0, 0.1) is 0 Å². The van der Waals surface area contributed by atoms with Crippen molar-refractivity contribution in [3.63, 3.8) is 0 Å². The fourth-order valence-electron chi connectivity index (χ4n) is 3.00. The van der Waals surface area contributed by atoms with Crippen LogP contribution in [0.25, 0.3) is 5.57 Å². The molecule has 3 rings (SSSR count).